The molecule has 1 N–H and O–H groups in total. The Balaban J connectivity index is 1.84. The molecule has 0 aromatic carbocycles. The Bertz CT molecular complexity index is 137. The second kappa shape index (κ2) is 2.48. The molecule has 1 nitrogen and oxygen atoms in total. The van der Waals surface area contributed by atoms with Crippen molar-refractivity contribution in [1.29, 1.82) is 0 Å². The highest BCUT2D eigenvalue weighted by atomic mass is 16.3. The molecule has 2 fully saturated rings. The van der Waals surface area contributed by atoms with Gasteiger partial charge in [-0.15, -0.1) is 0 Å². The topological polar surface area (TPSA) is 20.2 Å². The van der Waals surface area contributed by atoms with E-state index in [1.807, 2.05) is 6.92 Å². The van der Waals surface area contributed by atoms with Crippen LogP contribution in [0.3, 0.4) is 0 Å². The zero-order chi connectivity index (χ0) is 7.90. The Morgan fingerprint density at radius 2 is 1.73 bits per heavy atom. The Labute approximate surface area is 68.8 Å². The lowest BCUT2D eigenvalue weighted by Gasteiger charge is -2.29. The molecule has 1 unspecified atom stereocenters. The zero-order valence-corrected chi connectivity index (χ0v) is 7.34. The average Bonchev–Trinajstić information content (AvgIpc) is 2.70. The third-order valence-electron chi connectivity index (χ3n) is 3.73. The Morgan fingerprint density at radius 3 is 2.09 bits per heavy atom. The van der Waals surface area contributed by atoms with Crippen LogP contribution in [-0.4, -0.2) is 11.2 Å². The van der Waals surface area contributed by atoms with Crippen molar-refractivity contribution < 1.29 is 5.11 Å². The molecule has 0 radical (unpaired) electrons. The summed E-state index contributed by atoms with van der Waals surface area (Å²) in [6, 6.07) is 0. The second-order valence-corrected chi connectivity index (χ2v) is 4.58. The largest absolute Gasteiger partial charge is 0.393 e. The number of aliphatic hydroxyl groups is 1. The fraction of sp³-hybridized carbons (Fsp3) is 1.00. The van der Waals surface area contributed by atoms with E-state index >= 15 is 0 Å². The maximum Gasteiger partial charge on any atom is 0.0540 e. The number of aliphatic hydroxyl groups excluding tert-OH is 1. The van der Waals surface area contributed by atoms with Crippen LogP contribution in [0.5, 0.6) is 0 Å². The lowest BCUT2D eigenvalue weighted by molar-refractivity contribution is 0.0845. The van der Waals surface area contributed by atoms with Crippen LogP contribution in [-0.2, 0) is 0 Å². The maximum absolute atomic E-state index is 9.37. The van der Waals surface area contributed by atoms with Crippen molar-refractivity contribution in [3.05, 3.63) is 0 Å². The molecule has 1 atom stereocenters. The summed E-state index contributed by atoms with van der Waals surface area (Å²) in [6.45, 7) is 1.94. The Morgan fingerprint density at radius 1 is 1.18 bits per heavy atom. The molecular weight excluding hydrogens is 136 g/mol. The van der Waals surface area contributed by atoms with Gasteiger partial charge in [-0.2, -0.15) is 0 Å². The van der Waals surface area contributed by atoms with Crippen molar-refractivity contribution >= 4 is 0 Å². The van der Waals surface area contributed by atoms with Crippen molar-refractivity contribution in [3.63, 3.8) is 0 Å². The molecule has 2 rings (SSSR count). The van der Waals surface area contributed by atoms with E-state index in [4.69, 9.17) is 0 Å². The summed E-state index contributed by atoms with van der Waals surface area (Å²) in [5, 5.41) is 9.37. The Kier molecular flexibility index (Phi) is 1.71. The minimum absolute atomic E-state index is 0.0638. The molecule has 0 saturated heterocycles. The van der Waals surface area contributed by atoms with Gasteiger partial charge in [-0.25, -0.2) is 0 Å². The van der Waals surface area contributed by atoms with E-state index < -0.39 is 0 Å². The summed E-state index contributed by atoms with van der Waals surface area (Å²) in [7, 11) is 0. The van der Waals surface area contributed by atoms with E-state index in [-0.39, 0.29) is 6.10 Å². The number of hydrogen-bond acceptors (Lipinski definition) is 1. The highest BCUT2D eigenvalue weighted by molar-refractivity contribution is 4.96. The molecule has 11 heavy (non-hydrogen) atoms. The molecule has 0 bridgehead atoms. The molecular formula is C10H18O. The van der Waals surface area contributed by atoms with Crippen LogP contribution in [0.2, 0.25) is 0 Å². The Hall–Kier alpha value is -0.0400. The molecule has 0 aromatic heterocycles. The van der Waals surface area contributed by atoms with E-state index in [2.05, 4.69) is 0 Å². The van der Waals surface area contributed by atoms with Crippen LogP contribution in [0, 0.1) is 11.3 Å². The fourth-order valence-electron chi connectivity index (χ4n) is 2.41. The van der Waals surface area contributed by atoms with Gasteiger partial charge in [-0.05, 0) is 56.8 Å². The average molecular weight is 154 g/mol. The van der Waals surface area contributed by atoms with E-state index in [0.717, 1.165) is 5.41 Å². The smallest absolute Gasteiger partial charge is 0.0540 e. The standard InChI is InChI=1S/C10H18O/c1-8(11)9-2-4-10(5-3-9)6-7-10/h8-9,11H,2-7H2,1H3. The quantitative estimate of drug-likeness (QED) is 0.614. The number of hydrogen-bond donors (Lipinski definition) is 1. The molecule has 2 aliphatic carbocycles. The van der Waals surface area contributed by atoms with Gasteiger partial charge in [0.25, 0.3) is 0 Å². The van der Waals surface area contributed by atoms with E-state index in [1.165, 1.54) is 38.5 Å². The molecule has 0 amide bonds. The van der Waals surface area contributed by atoms with Crippen LogP contribution in [0.25, 0.3) is 0 Å². The predicted molar refractivity (Wildman–Crippen MR) is 45.3 cm³/mol. The van der Waals surface area contributed by atoms with Gasteiger partial charge in [-0.3, -0.25) is 0 Å². The van der Waals surface area contributed by atoms with E-state index in [9.17, 15) is 5.11 Å². The van der Waals surface area contributed by atoms with Crippen molar-refractivity contribution in [2.45, 2.75) is 51.6 Å². The first-order chi connectivity index (χ1) is 5.22. The van der Waals surface area contributed by atoms with Gasteiger partial charge >= 0.3 is 0 Å². The second-order valence-electron chi connectivity index (χ2n) is 4.58. The first kappa shape index (κ1) is 7.60. The van der Waals surface area contributed by atoms with Crippen molar-refractivity contribution in [3.8, 4) is 0 Å². The van der Waals surface area contributed by atoms with Gasteiger partial charge in [0.1, 0.15) is 0 Å². The molecule has 0 aliphatic heterocycles. The van der Waals surface area contributed by atoms with Crippen molar-refractivity contribution in [2.24, 2.45) is 11.3 Å². The third-order valence-corrected chi connectivity index (χ3v) is 3.73. The van der Waals surface area contributed by atoms with Gasteiger partial charge in [0.05, 0.1) is 6.10 Å². The van der Waals surface area contributed by atoms with Crippen LogP contribution >= 0.6 is 0 Å². The fourth-order valence-corrected chi connectivity index (χ4v) is 2.41. The van der Waals surface area contributed by atoms with Gasteiger partial charge in [-0.1, -0.05) is 0 Å². The lowest BCUT2D eigenvalue weighted by atomic mass is 9.78. The highest BCUT2D eigenvalue weighted by Gasteiger charge is 2.45. The molecule has 2 saturated carbocycles. The molecule has 64 valence electrons. The summed E-state index contributed by atoms with van der Waals surface area (Å²) in [6.07, 6.45) is 8.21. The van der Waals surface area contributed by atoms with E-state index in [1.54, 1.807) is 0 Å². The highest BCUT2D eigenvalue weighted by Crippen LogP contribution is 2.57. The van der Waals surface area contributed by atoms with Gasteiger partial charge in [0.2, 0.25) is 0 Å². The SMILES string of the molecule is CC(O)C1CCC2(CC1)CC2. The summed E-state index contributed by atoms with van der Waals surface area (Å²) in [5.74, 6) is 0.612. The first-order valence-electron chi connectivity index (χ1n) is 4.90. The first-order valence-corrected chi connectivity index (χ1v) is 4.90. The van der Waals surface area contributed by atoms with Crippen LogP contribution in [0.4, 0.5) is 0 Å². The van der Waals surface area contributed by atoms with Gasteiger partial charge < -0.3 is 5.11 Å². The molecule has 1 spiro atoms. The van der Waals surface area contributed by atoms with Gasteiger partial charge in [0.15, 0.2) is 0 Å². The molecule has 2 aliphatic rings. The number of rotatable bonds is 1. The summed E-state index contributed by atoms with van der Waals surface area (Å²) in [4.78, 5) is 0. The normalized spacial score (nSPS) is 32.2. The molecule has 0 aromatic rings. The minimum atomic E-state index is -0.0638. The maximum atomic E-state index is 9.37. The van der Waals surface area contributed by atoms with Gasteiger partial charge in [0, 0.05) is 0 Å². The van der Waals surface area contributed by atoms with E-state index in [0.29, 0.717) is 5.92 Å². The van der Waals surface area contributed by atoms with Crippen LogP contribution in [0.1, 0.15) is 45.4 Å². The monoisotopic (exact) mass is 154 g/mol. The molecule has 0 heterocycles. The summed E-state index contributed by atoms with van der Waals surface area (Å²) in [5.41, 5.74) is 0.783. The predicted octanol–water partition coefficient (Wildman–Crippen LogP) is 2.34. The van der Waals surface area contributed by atoms with Crippen LogP contribution in [0.15, 0.2) is 0 Å². The molecule has 1 heteroatoms. The van der Waals surface area contributed by atoms with Crippen LogP contribution < -0.4 is 0 Å². The lowest BCUT2D eigenvalue weighted by Crippen LogP contribution is -2.23. The summed E-state index contributed by atoms with van der Waals surface area (Å²) >= 11 is 0. The van der Waals surface area contributed by atoms with Crippen molar-refractivity contribution in [1.82, 2.24) is 0 Å². The summed E-state index contributed by atoms with van der Waals surface area (Å²) < 4.78 is 0. The third kappa shape index (κ3) is 1.44. The van der Waals surface area contributed by atoms with Crippen molar-refractivity contribution in [2.75, 3.05) is 0 Å². The minimum Gasteiger partial charge on any atom is -0.393 e. The zero-order valence-electron chi connectivity index (χ0n) is 7.34.